The maximum Gasteiger partial charge on any atom is 0.00966 e. The van der Waals surface area contributed by atoms with E-state index in [9.17, 15) is 0 Å². The van der Waals surface area contributed by atoms with Crippen molar-refractivity contribution >= 4 is 0 Å². The molecule has 2 aliphatic rings. The fourth-order valence-corrected chi connectivity index (χ4v) is 1.50. The van der Waals surface area contributed by atoms with Crippen LogP contribution in [0.1, 0.15) is 12.8 Å². The first-order valence-corrected chi connectivity index (χ1v) is 3.84. The second-order valence-corrected chi connectivity index (χ2v) is 3.29. The minimum Gasteiger partial charge on any atom is -0.330 e. The van der Waals surface area contributed by atoms with E-state index in [4.69, 9.17) is 5.73 Å². The lowest BCUT2D eigenvalue weighted by Gasteiger charge is -2.38. The van der Waals surface area contributed by atoms with Gasteiger partial charge in [-0.25, -0.2) is 0 Å². The highest BCUT2D eigenvalue weighted by atomic mass is 15.2. The van der Waals surface area contributed by atoms with Crippen molar-refractivity contribution in [2.24, 2.45) is 11.7 Å². The predicted octanol–water partition coefficient (Wildman–Crippen LogP) is 0.0393. The van der Waals surface area contributed by atoms with E-state index < -0.39 is 0 Å². The van der Waals surface area contributed by atoms with Crippen molar-refractivity contribution in [1.29, 1.82) is 0 Å². The van der Waals surface area contributed by atoms with Crippen LogP contribution < -0.4 is 5.73 Å². The third-order valence-corrected chi connectivity index (χ3v) is 2.38. The van der Waals surface area contributed by atoms with Gasteiger partial charge in [0.2, 0.25) is 0 Å². The summed E-state index contributed by atoms with van der Waals surface area (Å²) in [5.41, 5.74) is 5.49. The molecule has 2 N–H and O–H groups in total. The summed E-state index contributed by atoms with van der Waals surface area (Å²) in [5, 5.41) is 0. The topological polar surface area (TPSA) is 29.3 Å². The molecule has 0 bridgehead atoms. The van der Waals surface area contributed by atoms with E-state index in [0.717, 1.165) is 18.5 Å². The molecule has 0 spiro atoms. The number of likely N-dealkylation sites (tertiary alicyclic amines) is 1. The van der Waals surface area contributed by atoms with Crippen molar-refractivity contribution in [3.63, 3.8) is 0 Å². The van der Waals surface area contributed by atoms with Crippen LogP contribution in [0.15, 0.2) is 0 Å². The van der Waals surface area contributed by atoms with Crippen LogP contribution in [0.5, 0.6) is 0 Å². The van der Waals surface area contributed by atoms with Crippen LogP contribution >= 0.6 is 0 Å². The van der Waals surface area contributed by atoms with Gasteiger partial charge in [-0.3, -0.25) is 4.90 Å². The maximum absolute atomic E-state index is 5.49. The summed E-state index contributed by atoms with van der Waals surface area (Å²) < 4.78 is 0. The van der Waals surface area contributed by atoms with E-state index in [2.05, 4.69) is 4.90 Å². The van der Waals surface area contributed by atoms with E-state index >= 15 is 0 Å². The largest absolute Gasteiger partial charge is 0.330 e. The minimum absolute atomic E-state index is 0.825. The summed E-state index contributed by atoms with van der Waals surface area (Å²) in [6.07, 6.45) is 2.88. The first kappa shape index (κ1) is 5.69. The highest BCUT2D eigenvalue weighted by Gasteiger charge is 2.36. The molecule has 1 saturated heterocycles. The molecule has 0 atom stereocenters. The zero-order chi connectivity index (χ0) is 6.27. The average Bonchev–Trinajstić information content (AvgIpc) is 2.46. The highest BCUT2D eigenvalue weighted by molar-refractivity contribution is 4.92. The van der Waals surface area contributed by atoms with Gasteiger partial charge in [-0.1, -0.05) is 0 Å². The van der Waals surface area contributed by atoms with Crippen LogP contribution in [-0.2, 0) is 0 Å². The number of nitrogens with two attached hydrogens (primary N) is 1. The number of hydrogen-bond donors (Lipinski definition) is 1. The molecule has 0 radical (unpaired) electrons. The Morgan fingerprint density at radius 2 is 2.00 bits per heavy atom. The fraction of sp³-hybridized carbons (Fsp3) is 1.00. The van der Waals surface area contributed by atoms with Crippen LogP contribution in [-0.4, -0.2) is 30.6 Å². The zero-order valence-corrected chi connectivity index (χ0v) is 5.71. The maximum atomic E-state index is 5.49. The van der Waals surface area contributed by atoms with Crippen LogP contribution in [0.25, 0.3) is 0 Å². The Morgan fingerprint density at radius 1 is 1.33 bits per heavy atom. The molecule has 0 aromatic carbocycles. The van der Waals surface area contributed by atoms with Crippen molar-refractivity contribution in [2.75, 3.05) is 19.6 Å². The first-order chi connectivity index (χ1) is 4.40. The molecule has 1 aliphatic carbocycles. The van der Waals surface area contributed by atoms with E-state index in [1.165, 1.54) is 25.9 Å². The number of hydrogen-bond acceptors (Lipinski definition) is 2. The molecule has 9 heavy (non-hydrogen) atoms. The zero-order valence-electron chi connectivity index (χ0n) is 5.71. The summed E-state index contributed by atoms with van der Waals surface area (Å²) in [4.78, 5) is 2.55. The molecule has 2 fully saturated rings. The standard InChI is InChI=1S/C7H14N2/c8-3-6-4-9(5-6)7-1-2-7/h6-7H,1-5,8H2. The molecule has 1 heterocycles. The Balaban J connectivity index is 1.71. The van der Waals surface area contributed by atoms with Crippen molar-refractivity contribution in [3.05, 3.63) is 0 Å². The Kier molecular flexibility index (Phi) is 1.24. The Hall–Kier alpha value is -0.0800. The lowest BCUT2D eigenvalue weighted by atomic mass is 10.0. The van der Waals surface area contributed by atoms with E-state index in [0.29, 0.717) is 0 Å². The molecule has 0 aromatic rings. The van der Waals surface area contributed by atoms with Crippen molar-refractivity contribution in [3.8, 4) is 0 Å². The van der Waals surface area contributed by atoms with Gasteiger partial charge in [-0.05, 0) is 25.3 Å². The molecule has 52 valence electrons. The van der Waals surface area contributed by atoms with Gasteiger partial charge in [0.15, 0.2) is 0 Å². The van der Waals surface area contributed by atoms with Gasteiger partial charge in [0.25, 0.3) is 0 Å². The smallest absolute Gasteiger partial charge is 0.00966 e. The van der Waals surface area contributed by atoms with Crippen molar-refractivity contribution in [2.45, 2.75) is 18.9 Å². The molecular formula is C7H14N2. The summed E-state index contributed by atoms with van der Waals surface area (Å²) in [6, 6.07) is 0.966. The molecule has 1 aliphatic heterocycles. The lowest BCUT2D eigenvalue weighted by molar-refractivity contribution is 0.0973. The van der Waals surface area contributed by atoms with Gasteiger partial charge >= 0.3 is 0 Å². The van der Waals surface area contributed by atoms with E-state index in [1.807, 2.05) is 0 Å². The van der Waals surface area contributed by atoms with Crippen molar-refractivity contribution < 1.29 is 0 Å². The highest BCUT2D eigenvalue weighted by Crippen LogP contribution is 2.32. The summed E-state index contributed by atoms with van der Waals surface area (Å²) in [7, 11) is 0. The van der Waals surface area contributed by atoms with E-state index in [-0.39, 0.29) is 0 Å². The Labute approximate surface area is 56.0 Å². The Morgan fingerprint density at radius 3 is 2.44 bits per heavy atom. The van der Waals surface area contributed by atoms with Gasteiger partial charge in [0, 0.05) is 19.1 Å². The minimum atomic E-state index is 0.825. The van der Waals surface area contributed by atoms with Crippen LogP contribution in [0, 0.1) is 5.92 Å². The molecule has 1 saturated carbocycles. The van der Waals surface area contributed by atoms with Crippen LogP contribution in [0.4, 0.5) is 0 Å². The molecular weight excluding hydrogens is 112 g/mol. The van der Waals surface area contributed by atoms with E-state index in [1.54, 1.807) is 0 Å². The normalized spacial score (nSPS) is 30.3. The van der Waals surface area contributed by atoms with Crippen LogP contribution in [0.2, 0.25) is 0 Å². The molecule has 2 heteroatoms. The second-order valence-electron chi connectivity index (χ2n) is 3.29. The number of rotatable bonds is 2. The van der Waals surface area contributed by atoms with Gasteiger partial charge in [0.1, 0.15) is 0 Å². The van der Waals surface area contributed by atoms with Gasteiger partial charge in [-0.15, -0.1) is 0 Å². The summed E-state index contributed by atoms with van der Waals surface area (Å²) >= 11 is 0. The number of nitrogens with zero attached hydrogens (tertiary/aromatic N) is 1. The lowest BCUT2D eigenvalue weighted by Crippen LogP contribution is -2.50. The second kappa shape index (κ2) is 1.96. The SMILES string of the molecule is NCC1CN(C2CC2)C1. The van der Waals surface area contributed by atoms with Gasteiger partial charge < -0.3 is 5.73 Å². The average molecular weight is 126 g/mol. The third-order valence-electron chi connectivity index (χ3n) is 2.38. The third kappa shape index (κ3) is 0.970. The monoisotopic (exact) mass is 126 g/mol. The van der Waals surface area contributed by atoms with Crippen LogP contribution in [0.3, 0.4) is 0 Å². The fourth-order valence-electron chi connectivity index (χ4n) is 1.50. The molecule has 0 aromatic heterocycles. The summed E-state index contributed by atoms with van der Waals surface area (Å²) in [5.74, 6) is 0.825. The Bertz CT molecular complexity index is 103. The van der Waals surface area contributed by atoms with Gasteiger partial charge in [0.05, 0.1) is 0 Å². The molecule has 2 rings (SSSR count). The van der Waals surface area contributed by atoms with Gasteiger partial charge in [-0.2, -0.15) is 0 Å². The predicted molar refractivity (Wildman–Crippen MR) is 37.1 cm³/mol. The quantitative estimate of drug-likeness (QED) is 0.566. The van der Waals surface area contributed by atoms with Crippen molar-refractivity contribution in [1.82, 2.24) is 4.90 Å². The molecule has 0 unspecified atom stereocenters. The summed E-state index contributed by atoms with van der Waals surface area (Å²) in [6.45, 7) is 3.45. The molecule has 2 nitrogen and oxygen atoms in total. The molecule has 0 amide bonds. The first-order valence-electron chi connectivity index (χ1n) is 3.84.